The van der Waals surface area contributed by atoms with Crippen LogP contribution < -0.4 is 5.32 Å². The Balaban J connectivity index is 1.95. The molecule has 1 aromatic carbocycles. The van der Waals surface area contributed by atoms with Gasteiger partial charge in [0.25, 0.3) is 0 Å². The number of carbonyl (C=O) groups is 1. The minimum Gasteiger partial charge on any atom is -0.302 e. The van der Waals surface area contributed by atoms with Crippen molar-refractivity contribution in [1.82, 2.24) is 4.98 Å². The molecule has 0 saturated heterocycles. The molecule has 5 nitrogen and oxygen atoms in total. The largest absolute Gasteiger partial charge is 0.302 e. The topological polar surface area (TPSA) is 76.1 Å². The van der Waals surface area contributed by atoms with E-state index in [1.54, 1.807) is 5.38 Å². The molecule has 1 aromatic heterocycles. The summed E-state index contributed by atoms with van der Waals surface area (Å²) in [5.41, 5.74) is 0.809. The van der Waals surface area contributed by atoms with Gasteiger partial charge in [-0.25, -0.2) is 13.4 Å². The van der Waals surface area contributed by atoms with Crippen molar-refractivity contribution in [2.75, 3.05) is 11.1 Å². The number of amides is 1. The first-order valence-electron chi connectivity index (χ1n) is 6.07. The number of aryl methyl sites for hydroxylation is 1. The first-order chi connectivity index (χ1) is 9.87. The SMILES string of the molecule is Cc1csc(NC(=O)CCS(=O)(=O)c2ccc(Cl)cc2)n1. The van der Waals surface area contributed by atoms with Crippen LogP contribution in [0.3, 0.4) is 0 Å². The highest BCUT2D eigenvalue weighted by molar-refractivity contribution is 7.91. The smallest absolute Gasteiger partial charge is 0.227 e. The van der Waals surface area contributed by atoms with E-state index in [9.17, 15) is 13.2 Å². The number of aromatic nitrogens is 1. The quantitative estimate of drug-likeness (QED) is 0.904. The summed E-state index contributed by atoms with van der Waals surface area (Å²) in [6.07, 6.45) is -0.121. The molecule has 1 heterocycles. The Morgan fingerprint density at radius 3 is 2.57 bits per heavy atom. The van der Waals surface area contributed by atoms with Crippen LogP contribution in [0.2, 0.25) is 5.02 Å². The molecule has 0 fully saturated rings. The van der Waals surface area contributed by atoms with Crippen molar-refractivity contribution in [2.45, 2.75) is 18.2 Å². The van der Waals surface area contributed by atoms with E-state index in [1.807, 2.05) is 6.92 Å². The van der Waals surface area contributed by atoms with Crippen LogP contribution in [-0.2, 0) is 14.6 Å². The zero-order chi connectivity index (χ0) is 15.5. The number of sulfone groups is 1. The third-order valence-corrected chi connectivity index (χ3v) is 5.50. The van der Waals surface area contributed by atoms with Crippen LogP contribution in [0.1, 0.15) is 12.1 Å². The molecule has 0 radical (unpaired) electrons. The maximum absolute atomic E-state index is 12.1. The number of benzene rings is 1. The second-order valence-electron chi connectivity index (χ2n) is 4.37. The molecule has 8 heteroatoms. The van der Waals surface area contributed by atoms with E-state index in [4.69, 9.17) is 11.6 Å². The lowest BCUT2D eigenvalue weighted by Gasteiger charge is -2.04. The van der Waals surface area contributed by atoms with Crippen molar-refractivity contribution in [3.63, 3.8) is 0 Å². The highest BCUT2D eigenvalue weighted by Gasteiger charge is 2.17. The zero-order valence-electron chi connectivity index (χ0n) is 11.2. The van der Waals surface area contributed by atoms with Gasteiger partial charge in [-0.15, -0.1) is 11.3 Å². The number of hydrogen-bond donors (Lipinski definition) is 1. The van der Waals surface area contributed by atoms with E-state index in [0.717, 1.165) is 5.69 Å². The van der Waals surface area contributed by atoms with Gasteiger partial charge in [-0.1, -0.05) is 11.6 Å². The summed E-state index contributed by atoms with van der Waals surface area (Å²) >= 11 is 7.02. The third-order valence-electron chi connectivity index (χ3n) is 2.64. The average Bonchev–Trinajstić information content (AvgIpc) is 2.82. The Bertz CT molecular complexity index is 739. The van der Waals surface area contributed by atoms with Gasteiger partial charge < -0.3 is 5.32 Å². The molecule has 1 amide bonds. The van der Waals surface area contributed by atoms with E-state index in [1.165, 1.54) is 35.6 Å². The molecular formula is C13H13ClN2O3S2. The number of rotatable bonds is 5. The normalized spacial score (nSPS) is 11.3. The van der Waals surface area contributed by atoms with E-state index in [2.05, 4.69) is 10.3 Å². The van der Waals surface area contributed by atoms with Gasteiger partial charge in [-0.2, -0.15) is 0 Å². The van der Waals surface area contributed by atoms with Crippen molar-refractivity contribution in [3.05, 3.63) is 40.4 Å². The Labute approximate surface area is 131 Å². The van der Waals surface area contributed by atoms with Gasteiger partial charge in [-0.05, 0) is 31.2 Å². The van der Waals surface area contributed by atoms with Gasteiger partial charge in [0.05, 0.1) is 16.3 Å². The lowest BCUT2D eigenvalue weighted by Crippen LogP contribution is -2.17. The van der Waals surface area contributed by atoms with Crippen LogP contribution in [0.5, 0.6) is 0 Å². The van der Waals surface area contributed by atoms with Crippen LogP contribution in [-0.4, -0.2) is 25.1 Å². The van der Waals surface area contributed by atoms with Crippen LogP contribution in [0, 0.1) is 6.92 Å². The number of carbonyl (C=O) groups excluding carboxylic acids is 1. The first-order valence-corrected chi connectivity index (χ1v) is 8.98. The second kappa shape index (κ2) is 6.55. The zero-order valence-corrected chi connectivity index (χ0v) is 13.6. The number of thiazole rings is 1. The molecule has 112 valence electrons. The summed E-state index contributed by atoms with van der Waals surface area (Å²) in [6, 6.07) is 5.87. The first kappa shape index (κ1) is 15.9. The van der Waals surface area contributed by atoms with Crippen LogP contribution in [0.4, 0.5) is 5.13 Å². The fraction of sp³-hybridized carbons (Fsp3) is 0.231. The summed E-state index contributed by atoms with van der Waals surface area (Å²) in [6.45, 7) is 1.82. The van der Waals surface area contributed by atoms with Gasteiger partial charge in [0.2, 0.25) is 5.91 Å². The molecule has 0 aliphatic heterocycles. The summed E-state index contributed by atoms with van der Waals surface area (Å²) in [4.78, 5) is 16.0. The minimum absolute atomic E-state index is 0.121. The molecule has 0 atom stereocenters. The fourth-order valence-corrected chi connectivity index (χ4v) is 3.65. The van der Waals surface area contributed by atoms with Crippen molar-refractivity contribution in [2.24, 2.45) is 0 Å². The van der Waals surface area contributed by atoms with Gasteiger partial charge >= 0.3 is 0 Å². The number of anilines is 1. The van der Waals surface area contributed by atoms with Gasteiger partial charge in [0.1, 0.15) is 0 Å². The maximum atomic E-state index is 12.1. The molecule has 0 bridgehead atoms. The van der Waals surface area contributed by atoms with Gasteiger partial charge in [0, 0.05) is 16.8 Å². The molecular weight excluding hydrogens is 332 g/mol. The lowest BCUT2D eigenvalue weighted by molar-refractivity contribution is -0.115. The van der Waals surface area contributed by atoms with Gasteiger partial charge in [-0.3, -0.25) is 4.79 Å². The summed E-state index contributed by atoms with van der Waals surface area (Å²) in [5.74, 6) is -0.632. The van der Waals surface area contributed by atoms with Crippen molar-refractivity contribution >= 4 is 43.8 Å². The van der Waals surface area contributed by atoms with Crippen LogP contribution in [0.25, 0.3) is 0 Å². The fourth-order valence-electron chi connectivity index (χ4n) is 1.58. The average molecular weight is 345 g/mol. The number of halogens is 1. The van der Waals surface area contributed by atoms with Crippen molar-refractivity contribution < 1.29 is 13.2 Å². The van der Waals surface area contributed by atoms with E-state index in [0.29, 0.717) is 10.2 Å². The molecule has 1 N–H and O–H groups in total. The Morgan fingerprint density at radius 1 is 1.33 bits per heavy atom. The highest BCUT2D eigenvalue weighted by Crippen LogP contribution is 2.17. The molecule has 2 rings (SSSR count). The van der Waals surface area contributed by atoms with Gasteiger partial charge in [0.15, 0.2) is 15.0 Å². The lowest BCUT2D eigenvalue weighted by atomic mass is 10.4. The van der Waals surface area contributed by atoms with E-state index < -0.39 is 9.84 Å². The maximum Gasteiger partial charge on any atom is 0.227 e. The Kier molecular flexibility index (Phi) is 4.97. The Hall–Kier alpha value is -1.44. The number of hydrogen-bond acceptors (Lipinski definition) is 5. The molecule has 0 aliphatic carbocycles. The molecule has 0 spiro atoms. The van der Waals surface area contributed by atoms with Crippen LogP contribution >= 0.6 is 22.9 Å². The summed E-state index contributed by atoms with van der Waals surface area (Å²) in [5, 5.41) is 5.32. The molecule has 2 aromatic rings. The molecule has 21 heavy (non-hydrogen) atoms. The molecule has 0 aliphatic rings. The molecule has 0 saturated carbocycles. The Morgan fingerprint density at radius 2 is 2.00 bits per heavy atom. The summed E-state index contributed by atoms with van der Waals surface area (Å²) in [7, 11) is -3.50. The highest BCUT2D eigenvalue weighted by atomic mass is 35.5. The van der Waals surface area contributed by atoms with E-state index >= 15 is 0 Å². The molecule has 0 unspecified atom stereocenters. The van der Waals surface area contributed by atoms with Crippen LogP contribution in [0.15, 0.2) is 34.5 Å². The third kappa shape index (κ3) is 4.52. The second-order valence-corrected chi connectivity index (χ2v) is 7.77. The van der Waals surface area contributed by atoms with Crippen molar-refractivity contribution in [1.29, 1.82) is 0 Å². The monoisotopic (exact) mass is 344 g/mol. The number of nitrogens with one attached hydrogen (secondary N) is 1. The minimum atomic E-state index is -3.50. The number of nitrogens with zero attached hydrogens (tertiary/aromatic N) is 1. The standard InChI is InChI=1S/C13H13ClN2O3S2/c1-9-8-20-13(15-9)16-12(17)6-7-21(18,19)11-4-2-10(14)3-5-11/h2-5,8H,6-7H2,1H3,(H,15,16,17). The van der Waals surface area contributed by atoms with E-state index in [-0.39, 0.29) is 23.0 Å². The van der Waals surface area contributed by atoms with Crippen molar-refractivity contribution in [3.8, 4) is 0 Å². The predicted octanol–water partition coefficient (Wildman–Crippen LogP) is 2.91. The summed E-state index contributed by atoms with van der Waals surface area (Å²) < 4.78 is 24.1. The predicted molar refractivity (Wildman–Crippen MR) is 83.6 cm³/mol.